The number of aliphatic hydroxyl groups is 1. The van der Waals surface area contributed by atoms with Crippen LogP contribution in [-0.4, -0.2) is 68.5 Å². The Morgan fingerprint density at radius 2 is 0.897 bits per heavy atom. The van der Waals surface area contributed by atoms with Crippen molar-refractivity contribution in [1.29, 1.82) is 0 Å². The van der Waals surface area contributed by atoms with Crippen molar-refractivity contribution in [2.45, 2.75) is 244 Å². The maximum atomic E-state index is 13.0. The Morgan fingerprint density at radius 3 is 1.31 bits per heavy atom. The number of amides is 1. The molecule has 0 saturated heterocycles. The number of allylic oxidation sites excluding steroid dienone is 14. The van der Waals surface area contributed by atoms with E-state index in [1.54, 1.807) is 0 Å². The van der Waals surface area contributed by atoms with E-state index in [1.165, 1.54) is 103 Å². The van der Waals surface area contributed by atoms with Gasteiger partial charge in [-0.1, -0.05) is 240 Å². The van der Waals surface area contributed by atoms with Gasteiger partial charge < -0.3 is 28.8 Å². The minimum absolute atomic E-state index is 0.00379. The van der Waals surface area contributed by atoms with Gasteiger partial charge in [-0.25, -0.2) is 0 Å². The first-order valence-corrected chi connectivity index (χ1v) is 29.4. The summed E-state index contributed by atoms with van der Waals surface area (Å²) in [5.74, 6) is -0.185. The molecule has 0 heterocycles. The molecule has 3 unspecified atom stereocenters. The molecule has 2 N–H and O–H groups in total. The van der Waals surface area contributed by atoms with Gasteiger partial charge in [0.2, 0.25) is 5.91 Å². The number of rotatable bonds is 50. The monoisotopic (exact) mass is 971 g/mol. The quantitative estimate of drug-likeness (QED) is 0.0272. The van der Waals surface area contributed by atoms with E-state index < -0.39 is 20.0 Å². The van der Waals surface area contributed by atoms with Gasteiger partial charge in [-0.05, 0) is 70.6 Å². The normalized spacial score (nSPS) is 14.6. The zero-order valence-electron chi connectivity index (χ0n) is 44.8. The van der Waals surface area contributed by atoms with E-state index in [0.29, 0.717) is 23.9 Å². The number of unbranched alkanes of at least 4 members (excludes halogenated alkanes) is 23. The maximum Gasteiger partial charge on any atom is 0.268 e. The van der Waals surface area contributed by atoms with E-state index in [0.717, 1.165) is 103 Å². The fourth-order valence-corrected chi connectivity index (χ4v) is 8.51. The second kappa shape index (κ2) is 49.7. The minimum atomic E-state index is -4.58. The maximum absolute atomic E-state index is 13.0. The number of quaternary nitrogens is 1. The van der Waals surface area contributed by atoms with Gasteiger partial charge in [-0.15, -0.1) is 0 Å². The van der Waals surface area contributed by atoms with Crippen molar-refractivity contribution in [1.82, 2.24) is 5.32 Å². The highest BCUT2D eigenvalue weighted by Crippen LogP contribution is 2.38. The molecule has 0 aliphatic rings. The summed E-state index contributed by atoms with van der Waals surface area (Å²) < 4.78 is 23.4. The molecule has 68 heavy (non-hydrogen) atoms. The topological polar surface area (TPSA) is 108 Å². The summed E-state index contributed by atoms with van der Waals surface area (Å²) >= 11 is 0. The molecule has 0 aromatic carbocycles. The molecule has 0 aromatic rings. The lowest BCUT2D eigenvalue weighted by Gasteiger charge is -2.30. The fraction of sp³-hybridized carbons (Fsp3) is 0.746. The summed E-state index contributed by atoms with van der Waals surface area (Å²) in [5.41, 5.74) is 0. The predicted molar refractivity (Wildman–Crippen MR) is 293 cm³/mol. The van der Waals surface area contributed by atoms with Crippen molar-refractivity contribution in [2.75, 3.05) is 40.9 Å². The molecule has 0 aliphatic carbocycles. The number of carbonyl (C=O) groups excluding carboxylic acids is 1. The van der Waals surface area contributed by atoms with Gasteiger partial charge in [0.05, 0.1) is 39.9 Å². The first-order valence-electron chi connectivity index (χ1n) is 27.9. The Hall–Kier alpha value is -2.32. The van der Waals surface area contributed by atoms with Gasteiger partial charge in [-0.3, -0.25) is 9.36 Å². The Balaban J connectivity index is 4.28. The third-order valence-electron chi connectivity index (χ3n) is 12.1. The average Bonchev–Trinajstić information content (AvgIpc) is 3.30. The summed E-state index contributed by atoms with van der Waals surface area (Å²) in [4.78, 5) is 25.5. The van der Waals surface area contributed by atoms with Gasteiger partial charge in [-0.2, -0.15) is 0 Å². The standard InChI is InChI=1S/C59H107N2O6P/c1-6-8-10-12-14-16-18-20-22-24-26-27-28-29-30-31-32-33-35-37-39-41-43-45-47-49-51-53-59(63)60-57(56-67-68(64,65)66-55-54-61(3,4)5)58(62)52-50-48-46-44-42-40-38-36-34-25-23-21-19-17-15-13-11-9-7-2/h8,10,14,16,20,22,26-27,29-30,32-33,37,39,57-58,62H,6-7,9,11-13,15,17-19,21,23-25,28,31,34-36,38,40-56H2,1-5H3,(H-,60,63,64,65)/b10-8-,16-14-,22-20-,27-26-,30-29-,33-32-,39-37-. The largest absolute Gasteiger partial charge is 0.756 e. The second-order valence-corrected chi connectivity index (χ2v) is 21.3. The predicted octanol–water partition coefficient (Wildman–Crippen LogP) is 16.2. The smallest absolute Gasteiger partial charge is 0.268 e. The number of phosphoric acid groups is 1. The number of carbonyl (C=O) groups is 1. The molecule has 9 heteroatoms. The van der Waals surface area contributed by atoms with Crippen LogP contribution in [0.25, 0.3) is 0 Å². The molecular formula is C59H107N2O6P. The minimum Gasteiger partial charge on any atom is -0.756 e. The van der Waals surface area contributed by atoms with Gasteiger partial charge in [0.25, 0.3) is 7.82 Å². The Bertz CT molecular complexity index is 1380. The van der Waals surface area contributed by atoms with Crippen LogP contribution in [0.5, 0.6) is 0 Å². The molecule has 1 amide bonds. The summed E-state index contributed by atoms with van der Waals surface area (Å²) in [6.45, 7) is 4.60. The Labute approximate surface area is 420 Å². The highest BCUT2D eigenvalue weighted by atomic mass is 31.2. The first-order chi connectivity index (χ1) is 33.0. The van der Waals surface area contributed by atoms with Crippen molar-refractivity contribution in [3.63, 3.8) is 0 Å². The van der Waals surface area contributed by atoms with Crippen LogP contribution in [0.1, 0.15) is 232 Å². The van der Waals surface area contributed by atoms with Crippen molar-refractivity contribution in [3.8, 4) is 0 Å². The van der Waals surface area contributed by atoms with Crippen LogP contribution >= 0.6 is 7.82 Å². The first kappa shape index (κ1) is 65.7. The Kier molecular flexibility index (Phi) is 48.0. The number of nitrogens with one attached hydrogen (secondary N) is 1. The number of hydrogen-bond donors (Lipinski definition) is 2. The van der Waals surface area contributed by atoms with Gasteiger partial charge in [0.1, 0.15) is 13.2 Å². The van der Waals surface area contributed by atoms with Crippen LogP contribution in [0.3, 0.4) is 0 Å². The van der Waals surface area contributed by atoms with E-state index in [1.807, 2.05) is 21.1 Å². The molecule has 3 atom stereocenters. The molecular weight excluding hydrogens is 864 g/mol. The van der Waals surface area contributed by atoms with Gasteiger partial charge in [0.15, 0.2) is 0 Å². The Morgan fingerprint density at radius 1 is 0.529 bits per heavy atom. The molecule has 394 valence electrons. The number of likely N-dealkylation sites (N-methyl/N-ethyl adjacent to an activating group) is 1. The highest BCUT2D eigenvalue weighted by molar-refractivity contribution is 7.45. The second-order valence-electron chi connectivity index (χ2n) is 19.9. The summed E-state index contributed by atoms with van der Waals surface area (Å²) in [6.07, 6.45) is 68.9. The van der Waals surface area contributed by atoms with Crippen LogP contribution < -0.4 is 10.2 Å². The molecule has 0 spiro atoms. The zero-order valence-corrected chi connectivity index (χ0v) is 45.7. The fourth-order valence-electron chi connectivity index (χ4n) is 7.79. The molecule has 0 bridgehead atoms. The molecule has 0 aliphatic heterocycles. The van der Waals surface area contributed by atoms with Crippen LogP contribution in [-0.2, 0) is 18.4 Å². The molecule has 0 rings (SSSR count). The summed E-state index contributed by atoms with van der Waals surface area (Å²) in [5, 5.41) is 14.0. The molecule has 0 saturated carbocycles. The van der Waals surface area contributed by atoms with Gasteiger partial charge in [0, 0.05) is 6.42 Å². The third kappa shape index (κ3) is 51.5. The lowest BCUT2D eigenvalue weighted by Crippen LogP contribution is -2.46. The molecule has 0 radical (unpaired) electrons. The van der Waals surface area contributed by atoms with Crippen LogP contribution in [0.4, 0.5) is 0 Å². The number of hydrogen-bond acceptors (Lipinski definition) is 6. The lowest BCUT2D eigenvalue weighted by atomic mass is 10.0. The van der Waals surface area contributed by atoms with E-state index in [9.17, 15) is 19.4 Å². The van der Waals surface area contributed by atoms with Crippen molar-refractivity contribution in [3.05, 3.63) is 85.1 Å². The van der Waals surface area contributed by atoms with Crippen LogP contribution in [0, 0.1) is 0 Å². The number of aliphatic hydroxyl groups excluding tert-OH is 1. The van der Waals surface area contributed by atoms with E-state index in [-0.39, 0.29) is 19.1 Å². The van der Waals surface area contributed by atoms with E-state index >= 15 is 0 Å². The SMILES string of the molecule is CC/C=C\C/C=C\C/C=C\C/C=C\C/C=C\C/C=C\C/C=C\CCCCCCCC(=O)NC(COP(=O)([O-])OCC[N+](C)(C)C)C(O)CCCCCCCCCCCCCCCCCCCCC. The van der Waals surface area contributed by atoms with E-state index in [2.05, 4.69) is 104 Å². The summed E-state index contributed by atoms with van der Waals surface area (Å²) in [7, 11) is 1.28. The van der Waals surface area contributed by atoms with Crippen LogP contribution in [0.15, 0.2) is 85.1 Å². The zero-order chi connectivity index (χ0) is 49.9. The van der Waals surface area contributed by atoms with Crippen molar-refractivity contribution >= 4 is 13.7 Å². The van der Waals surface area contributed by atoms with Gasteiger partial charge >= 0.3 is 0 Å². The third-order valence-corrected chi connectivity index (χ3v) is 13.1. The highest BCUT2D eigenvalue weighted by Gasteiger charge is 2.24. The molecule has 0 aromatic heterocycles. The summed E-state index contributed by atoms with van der Waals surface area (Å²) in [6, 6.07) is -0.818. The number of phosphoric ester groups is 1. The average molecular weight is 971 g/mol. The van der Waals surface area contributed by atoms with E-state index in [4.69, 9.17) is 9.05 Å². The lowest BCUT2D eigenvalue weighted by molar-refractivity contribution is -0.870. The number of nitrogens with zero attached hydrogens (tertiary/aromatic N) is 1. The van der Waals surface area contributed by atoms with Crippen molar-refractivity contribution < 1.29 is 32.9 Å². The van der Waals surface area contributed by atoms with Crippen LogP contribution in [0.2, 0.25) is 0 Å². The molecule has 8 nitrogen and oxygen atoms in total. The molecule has 0 fully saturated rings. The van der Waals surface area contributed by atoms with Crippen molar-refractivity contribution in [2.24, 2.45) is 0 Å².